The van der Waals surface area contributed by atoms with E-state index in [0.29, 0.717) is 31.0 Å². The summed E-state index contributed by atoms with van der Waals surface area (Å²) in [5.41, 5.74) is 3.60. The molecule has 3 fully saturated rings. The van der Waals surface area contributed by atoms with Crippen molar-refractivity contribution in [2.75, 3.05) is 44.3 Å². The maximum atomic E-state index is 12.4. The summed E-state index contributed by atoms with van der Waals surface area (Å²) in [4.78, 5) is 36.8. The van der Waals surface area contributed by atoms with E-state index in [0.717, 1.165) is 91.5 Å². The van der Waals surface area contributed by atoms with Crippen molar-refractivity contribution in [1.82, 2.24) is 34.0 Å². The van der Waals surface area contributed by atoms with Crippen LogP contribution in [0.1, 0.15) is 31.4 Å². The van der Waals surface area contributed by atoms with Crippen LogP contribution in [0.3, 0.4) is 0 Å². The Hall–Kier alpha value is -3.53. The van der Waals surface area contributed by atoms with Gasteiger partial charge in [0.1, 0.15) is 11.6 Å². The fourth-order valence-electron chi connectivity index (χ4n) is 5.62. The Labute approximate surface area is 215 Å². The molecule has 7 rings (SSSR count). The number of morpholine rings is 1. The molecule has 1 aromatic carbocycles. The number of ether oxygens (including phenoxy) is 1. The molecule has 2 aliphatic heterocycles. The van der Waals surface area contributed by atoms with Crippen LogP contribution in [0.15, 0.2) is 24.3 Å². The van der Waals surface area contributed by atoms with Crippen LogP contribution in [0.4, 0.5) is 5.82 Å². The second-order valence-corrected chi connectivity index (χ2v) is 10.5. The number of rotatable bonds is 6. The van der Waals surface area contributed by atoms with Crippen molar-refractivity contribution < 1.29 is 9.53 Å². The van der Waals surface area contributed by atoms with Crippen LogP contribution in [0.25, 0.3) is 28.1 Å². The SMILES string of the molecule is CCc1nc2ccccc2n1-c1nc(N2CCOCC2)c2nc(CC3CN(C(=O)C4CC4)C3)n(C)c2n1. The van der Waals surface area contributed by atoms with Crippen LogP contribution in [0.5, 0.6) is 0 Å². The van der Waals surface area contributed by atoms with E-state index in [4.69, 9.17) is 24.7 Å². The van der Waals surface area contributed by atoms with Crippen molar-refractivity contribution >= 4 is 33.9 Å². The molecule has 5 heterocycles. The average molecular weight is 501 g/mol. The number of aryl methyl sites for hydroxylation is 2. The largest absolute Gasteiger partial charge is 0.378 e. The summed E-state index contributed by atoms with van der Waals surface area (Å²) < 4.78 is 9.82. The Morgan fingerprint density at radius 3 is 2.57 bits per heavy atom. The van der Waals surface area contributed by atoms with Crippen LogP contribution in [0.2, 0.25) is 0 Å². The number of hydrogen-bond acceptors (Lipinski definition) is 7. The van der Waals surface area contributed by atoms with E-state index >= 15 is 0 Å². The molecule has 0 unspecified atom stereocenters. The molecule has 0 N–H and O–H groups in total. The van der Waals surface area contributed by atoms with Gasteiger partial charge in [0.25, 0.3) is 0 Å². The number of carbonyl (C=O) groups is 1. The fraction of sp³-hybridized carbons (Fsp3) is 0.519. The van der Waals surface area contributed by atoms with Crippen LogP contribution < -0.4 is 4.90 Å². The predicted molar refractivity (Wildman–Crippen MR) is 140 cm³/mol. The average Bonchev–Trinajstić information content (AvgIpc) is 3.62. The first-order valence-electron chi connectivity index (χ1n) is 13.4. The Bertz CT molecular complexity index is 1490. The topological polar surface area (TPSA) is 94.2 Å². The molecule has 37 heavy (non-hydrogen) atoms. The highest BCUT2D eigenvalue weighted by atomic mass is 16.5. The number of carbonyl (C=O) groups excluding carboxylic acids is 1. The molecule has 0 atom stereocenters. The van der Waals surface area contributed by atoms with Crippen molar-refractivity contribution in [2.45, 2.75) is 32.6 Å². The third-order valence-electron chi connectivity index (χ3n) is 7.90. The van der Waals surface area contributed by atoms with Gasteiger partial charge in [-0.2, -0.15) is 9.97 Å². The van der Waals surface area contributed by atoms with Crippen LogP contribution in [-0.2, 0) is 29.4 Å². The van der Waals surface area contributed by atoms with Crippen LogP contribution in [0, 0.1) is 11.8 Å². The summed E-state index contributed by atoms with van der Waals surface area (Å²) in [7, 11) is 2.04. The van der Waals surface area contributed by atoms with Gasteiger partial charge in [0.15, 0.2) is 17.0 Å². The number of nitrogens with zero attached hydrogens (tertiary/aromatic N) is 8. The normalized spacial score (nSPS) is 18.6. The number of hydrogen-bond donors (Lipinski definition) is 0. The lowest BCUT2D eigenvalue weighted by atomic mass is 9.95. The molecule has 192 valence electrons. The van der Waals surface area contributed by atoms with Gasteiger partial charge >= 0.3 is 0 Å². The lowest BCUT2D eigenvalue weighted by Gasteiger charge is -2.39. The first kappa shape index (κ1) is 22.7. The van der Waals surface area contributed by atoms with Gasteiger partial charge in [0.05, 0.1) is 24.2 Å². The summed E-state index contributed by atoms with van der Waals surface area (Å²) in [5, 5.41) is 0. The Balaban J connectivity index is 1.29. The molecule has 2 saturated heterocycles. The minimum atomic E-state index is 0.286. The molecule has 3 aliphatic rings. The summed E-state index contributed by atoms with van der Waals surface area (Å²) in [6, 6.07) is 8.14. The Morgan fingerprint density at radius 2 is 1.81 bits per heavy atom. The predicted octanol–water partition coefficient (Wildman–Crippen LogP) is 2.51. The molecule has 1 saturated carbocycles. The summed E-state index contributed by atoms with van der Waals surface area (Å²) in [6.45, 7) is 6.63. The molecule has 10 nitrogen and oxygen atoms in total. The number of fused-ring (bicyclic) bond motifs is 2. The third kappa shape index (κ3) is 3.85. The molecule has 10 heteroatoms. The molecule has 4 aromatic rings. The molecule has 0 spiro atoms. The standard InChI is InChI=1S/C27H32N8O2/c1-3-21-28-19-6-4-5-7-20(19)35(21)27-30-24-23(25(31-27)33-10-12-37-13-11-33)29-22(32(24)2)14-17-15-34(16-17)26(36)18-8-9-18/h4-7,17-18H,3,8-16H2,1-2H3. The first-order chi connectivity index (χ1) is 18.1. The summed E-state index contributed by atoms with van der Waals surface area (Å²) in [6.07, 6.45) is 3.72. The maximum absolute atomic E-state index is 12.4. The molecule has 1 aliphatic carbocycles. The van der Waals surface area contributed by atoms with E-state index < -0.39 is 0 Å². The highest BCUT2D eigenvalue weighted by Gasteiger charge is 2.39. The van der Waals surface area contributed by atoms with Gasteiger partial charge in [-0.3, -0.25) is 9.36 Å². The summed E-state index contributed by atoms with van der Waals surface area (Å²) >= 11 is 0. The number of imidazole rings is 2. The van der Waals surface area contributed by atoms with Crippen molar-refractivity contribution in [1.29, 1.82) is 0 Å². The lowest BCUT2D eigenvalue weighted by molar-refractivity contribution is -0.138. The van der Waals surface area contributed by atoms with Crippen LogP contribution in [-0.4, -0.2) is 79.3 Å². The summed E-state index contributed by atoms with van der Waals surface area (Å²) in [5.74, 6) is 4.46. The number of amides is 1. The number of anilines is 1. The molecule has 1 amide bonds. The quantitative estimate of drug-likeness (QED) is 0.402. The van der Waals surface area contributed by atoms with Gasteiger partial charge in [0.2, 0.25) is 11.9 Å². The van der Waals surface area contributed by atoms with Crippen molar-refractivity contribution in [3.63, 3.8) is 0 Å². The lowest BCUT2D eigenvalue weighted by Crippen LogP contribution is -2.51. The van der Waals surface area contributed by atoms with Gasteiger partial charge in [-0.15, -0.1) is 0 Å². The second-order valence-electron chi connectivity index (χ2n) is 10.5. The molecule has 3 aromatic heterocycles. The van der Waals surface area contributed by atoms with Crippen molar-refractivity contribution in [2.24, 2.45) is 18.9 Å². The molecular formula is C27H32N8O2. The van der Waals surface area contributed by atoms with Gasteiger partial charge in [-0.1, -0.05) is 19.1 Å². The molecule has 0 radical (unpaired) electrons. The highest BCUT2D eigenvalue weighted by molar-refractivity contribution is 5.86. The zero-order valence-electron chi connectivity index (χ0n) is 21.4. The van der Waals surface area contributed by atoms with E-state index in [1.165, 1.54) is 0 Å². The van der Waals surface area contributed by atoms with E-state index in [9.17, 15) is 4.79 Å². The number of para-hydroxylation sites is 2. The van der Waals surface area contributed by atoms with Gasteiger partial charge in [-0.05, 0) is 25.0 Å². The number of aromatic nitrogens is 6. The van der Waals surface area contributed by atoms with Crippen molar-refractivity contribution in [3.8, 4) is 5.95 Å². The second kappa shape index (κ2) is 8.79. The molecular weight excluding hydrogens is 468 g/mol. The zero-order valence-corrected chi connectivity index (χ0v) is 21.4. The maximum Gasteiger partial charge on any atom is 0.239 e. The Kier molecular flexibility index (Phi) is 5.38. The van der Waals surface area contributed by atoms with Gasteiger partial charge in [-0.25, -0.2) is 9.97 Å². The van der Waals surface area contributed by atoms with Crippen molar-refractivity contribution in [3.05, 3.63) is 35.9 Å². The van der Waals surface area contributed by atoms with Gasteiger partial charge in [0, 0.05) is 57.9 Å². The van der Waals surface area contributed by atoms with E-state index in [-0.39, 0.29) is 5.92 Å². The third-order valence-corrected chi connectivity index (χ3v) is 7.90. The smallest absolute Gasteiger partial charge is 0.239 e. The van der Waals surface area contributed by atoms with Crippen LogP contribution >= 0.6 is 0 Å². The zero-order chi connectivity index (χ0) is 25.1. The Morgan fingerprint density at radius 1 is 1.03 bits per heavy atom. The minimum Gasteiger partial charge on any atom is -0.378 e. The van der Waals surface area contributed by atoms with Gasteiger partial charge < -0.3 is 19.1 Å². The number of benzene rings is 1. The highest BCUT2D eigenvalue weighted by Crippen LogP contribution is 2.34. The molecule has 0 bridgehead atoms. The first-order valence-corrected chi connectivity index (χ1v) is 13.4. The monoisotopic (exact) mass is 500 g/mol. The van der Waals surface area contributed by atoms with E-state index in [1.54, 1.807) is 0 Å². The van der Waals surface area contributed by atoms with E-state index in [1.807, 2.05) is 30.1 Å². The minimum absolute atomic E-state index is 0.286. The van der Waals surface area contributed by atoms with E-state index in [2.05, 4.69) is 27.0 Å². The number of likely N-dealkylation sites (tertiary alicyclic amines) is 1. The fourth-order valence-corrected chi connectivity index (χ4v) is 5.62.